The van der Waals surface area contributed by atoms with Gasteiger partial charge in [-0.2, -0.15) is 13.2 Å². The molecule has 4 nitrogen and oxygen atoms in total. The maximum Gasteiger partial charge on any atom is 0.417 e. The Hall–Kier alpha value is -1.34. The van der Waals surface area contributed by atoms with Crippen LogP contribution in [0.2, 0.25) is 0 Å². The van der Waals surface area contributed by atoms with Gasteiger partial charge in [0.1, 0.15) is 5.82 Å². The third-order valence-electron chi connectivity index (χ3n) is 3.45. The van der Waals surface area contributed by atoms with Crippen LogP contribution in [0, 0.1) is 0 Å². The molecule has 112 valence electrons. The molecule has 1 aliphatic rings. The second-order valence-electron chi connectivity index (χ2n) is 5.03. The van der Waals surface area contributed by atoms with Gasteiger partial charge in [0.05, 0.1) is 17.7 Å². The van der Waals surface area contributed by atoms with E-state index in [9.17, 15) is 13.2 Å². The normalized spacial score (nSPS) is 23.0. The number of aromatic nitrogens is 1. The standard InChI is InChI=1S/C13H18F3N3O/c1-20-9-12(5-2-6-19-12)8-18-11-4-3-10(7-17-11)13(14,15)16/h3-4,7,19H,2,5-6,8-9H2,1H3,(H,17,18). The monoisotopic (exact) mass is 289 g/mol. The number of pyridine rings is 1. The summed E-state index contributed by atoms with van der Waals surface area (Å²) in [5.74, 6) is 0.433. The van der Waals surface area contributed by atoms with Crippen molar-refractivity contribution in [1.29, 1.82) is 0 Å². The minimum absolute atomic E-state index is 0.168. The number of alkyl halides is 3. The molecule has 7 heteroatoms. The molecule has 0 aliphatic carbocycles. The Labute approximate surface area is 115 Å². The fraction of sp³-hybridized carbons (Fsp3) is 0.615. The van der Waals surface area contributed by atoms with Gasteiger partial charge >= 0.3 is 6.18 Å². The zero-order valence-electron chi connectivity index (χ0n) is 11.3. The average molecular weight is 289 g/mol. The highest BCUT2D eigenvalue weighted by Gasteiger charge is 2.33. The van der Waals surface area contributed by atoms with Crippen molar-refractivity contribution in [3.05, 3.63) is 23.9 Å². The minimum Gasteiger partial charge on any atom is -0.383 e. The molecular formula is C13H18F3N3O. The van der Waals surface area contributed by atoms with Crippen LogP contribution in [-0.4, -0.2) is 37.3 Å². The molecule has 2 heterocycles. The summed E-state index contributed by atoms with van der Waals surface area (Å²) in [7, 11) is 1.64. The van der Waals surface area contributed by atoms with Crippen molar-refractivity contribution in [2.45, 2.75) is 24.6 Å². The highest BCUT2D eigenvalue weighted by Crippen LogP contribution is 2.29. The zero-order valence-corrected chi connectivity index (χ0v) is 11.3. The van der Waals surface area contributed by atoms with Crippen LogP contribution in [0.15, 0.2) is 18.3 Å². The lowest BCUT2D eigenvalue weighted by molar-refractivity contribution is -0.137. The van der Waals surface area contributed by atoms with Crippen molar-refractivity contribution in [3.8, 4) is 0 Å². The first kappa shape index (κ1) is 15.1. The van der Waals surface area contributed by atoms with Crippen LogP contribution in [0.1, 0.15) is 18.4 Å². The van der Waals surface area contributed by atoms with Crippen molar-refractivity contribution in [1.82, 2.24) is 10.3 Å². The molecule has 0 spiro atoms. The van der Waals surface area contributed by atoms with Crippen molar-refractivity contribution in [2.24, 2.45) is 0 Å². The van der Waals surface area contributed by atoms with Crippen molar-refractivity contribution >= 4 is 5.82 Å². The van der Waals surface area contributed by atoms with Crippen LogP contribution in [0.5, 0.6) is 0 Å². The number of rotatable bonds is 5. The number of halogens is 3. The van der Waals surface area contributed by atoms with Crippen molar-refractivity contribution in [2.75, 3.05) is 32.1 Å². The van der Waals surface area contributed by atoms with E-state index in [1.807, 2.05) is 0 Å². The van der Waals surface area contributed by atoms with E-state index >= 15 is 0 Å². The van der Waals surface area contributed by atoms with E-state index in [1.54, 1.807) is 7.11 Å². The quantitative estimate of drug-likeness (QED) is 0.873. The van der Waals surface area contributed by atoms with Gasteiger partial charge in [0.25, 0.3) is 0 Å². The smallest absolute Gasteiger partial charge is 0.383 e. The van der Waals surface area contributed by atoms with Gasteiger partial charge in [-0.15, -0.1) is 0 Å². The molecule has 0 saturated carbocycles. The van der Waals surface area contributed by atoms with E-state index in [1.165, 1.54) is 6.07 Å². The molecule has 2 N–H and O–H groups in total. The molecule has 1 unspecified atom stereocenters. The summed E-state index contributed by atoms with van der Waals surface area (Å²) in [6.07, 6.45) is -1.48. The highest BCUT2D eigenvalue weighted by atomic mass is 19.4. The number of nitrogens with zero attached hydrogens (tertiary/aromatic N) is 1. The number of nitrogens with one attached hydrogen (secondary N) is 2. The summed E-state index contributed by atoms with van der Waals surface area (Å²) in [4.78, 5) is 3.80. The van der Waals surface area contributed by atoms with Crippen molar-refractivity contribution in [3.63, 3.8) is 0 Å². The molecule has 0 aromatic carbocycles. The largest absolute Gasteiger partial charge is 0.417 e. The van der Waals surface area contributed by atoms with Crippen LogP contribution in [0.25, 0.3) is 0 Å². The highest BCUT2D eigenvalue weighted by molar-refractivity contribution is 5.37. The van der Waals surface area contributed by atoms with E-state index in [0.717, 1.165) is 31.6 Å². The van der Waals surface area contributed by atoms with E-state index in [-0.39, 0.29) is 5.54 Å². The van der Waals surface area contributed by atoms with E-state index in [2.05, 4.69) is 15.6 Å². The van der Waals surface area contributed by atoms with E-state index < -0.39 is 11.7 Å². The van der Waals surface area contributed by atoms with Crippen LogP contribution >= 0.6 is 0 Å². The first-order valence-corrected chi connectivity index (χ1v) is 6.46. The molecular weight excluding hydrogens is 271 g/mol. The second kappa shape index (κ2) is 5.97. The minimum atomic E-state index is -4.35. The number of methoxy groups -OCH3 is 1. The molecule has 1 fully saturated rings. The first-order chi connectivity index (χ1) is 9.45. The van der Waals surface area contributed by atoms with Crippen LogP contribution < -0.4 is 10.6 Å². The number of ether oxygens (including phenoxy) is 1. The van der Waals surface area contributed by atoms with Crippen LogP contribution in [-0.2, 0) is 10.9 Å². The van der Waals surface area contributed by atoms with Gasteiger partial charge in [-0.3, -0.25) is 0 Å². The third-order valence-corrected chi connectivity index (χ3v) is 3.45. The van der Waals surface area contributed by atoms with Gasteiger partial charge < -0.3 is 15.4 Å². The summed E-state index contributed by atoms with van der Waals surface area (Å²) >= 11 is 0. The lowest BCUT2D eigenvalue weighted by atomic mass is 9.99. The Balaban J connectivity index is 1.96. The predicted molar refractivity (Wildman–Crippen MR) is 69.6 cm³/mol. The Morgan fingerprint density at radius 1 is 1.45 bits per heavy atom. The number of anilines is 1. The van der Waals surface area contributed by atoms with Gasteiger partial charge in [-0.05, 0) is 31.5 Å². The molecule has 0 amide bonds. The number of hydrogen-bond donors (Lipinski definition) is 2. The SMILES string of the molecule is COCC1(CNc2ccc(C(F)(F)F)cn2)CCCN1. The second-order valence-corrected chi connectivity index (χ2v) is 5.03. The van der Waals surface area contributed by atoms with E-state index in [4.69, 9.17) is 4.74 Å². The Morgan fingerprint density at radius 3 is 2.75 bits per heavy atom. The molecule has 1 aliphatic heterocycles. The van der Waals surface area contributed by atoms with Crippen LogP contribution in [0.3, 0.4) is 0 Å². The molecule has 1 atom stereocenters. The Morgan fingerprint density at radius 2 is 2.25 bits per heavy atom. The molecule has 0 bridgehead atoms. The molecule has 1 aromatic heterocycles. The summed E-state index contributed by atoms with van der Waals surface area (Å²) in [6.45, 7) is 2.05. The average Bonchev–Trinajstić information content (AvgIpc) is 2.85. The molecule has 20 heavy (non-hydrogen) atoms. The third kappa shape index (κ3) is 3.61. The fourth-order valence-corrected chi connectivity index (χ4v) is 2.40. The van der Waals surface area contributed by atoms with Gasteiger partial charge in [0.15, 0.2) is 0 Å². The molecule has 1 saturated heterocycles. The fourth-order valence-electron chi connectivity index (χ4n) is 2.40. The summed E-state index contributed by atoms with van der Waals surface area (Å²) < 4.78 is 42.5. The summed E-state index contributed by atoms with van der Waals surface area (Å²) in [5, 5.41) is 6.45. The van der Waals surface area contributed by atoms with Crippen LogP contribution in [0.4, 0.5) is 19.0 Å². The molecule has 2 rings (SSSR count). The molecule has 0 radical (unpaired) electrons. The Kier molecular flexibility index (Phi) is 4.49. The predicted octanol–water partition coefficient (Wildman–Crippen LogP) is 2.28. The Bertz CT molecular complexity index is 427. The summed E-state index contributed by atoms with van der Waals surface area (Å²) in [6, 6.07) is 2.37. The lowest BCUT2D eigenvalue weighted by Gasteiger charge is -2.29. The molecule has 1 aromatic rings. The lowest BCUT2D eigenvalue weighted by Crippen LogP contribution is -2.49. The van der Waals surface area contributed by atoms with Gasteiger partial charge in [0, 0.05) is 19.9 Å². The topological polar surface area (TPSA) is 46.2 Å². The van der Waals surface area contributed by atoms with Gasteiger partial charge in [-0.1, -0.05) is 0 Å². The first-order valence-electron chi connectivity index (χ1n) is 6.46. The number of hydrogen-bond acceptors (Lipinski definition) is 4. The maximum atomic E-state index is 12.4. The van der Waals surface area contributed by atoms with E-state index in [0.29, 0.717) is 19.0 Å². The maximum absolute atomic E-state index is 12.4. The summed E-state index contributed by atoms with van der Waals surface area (Å²) in [5.41, 5.74) is -0.910. The van der Waals surface area contributed by atoms with Crippen molar-refractivity contribution < 1.29 is 17.9 Å². The zero-order chi connectivity index (χ0) is 14.6. The van der Waals surface area contributed by atoms with Gasteiger partial charge in [0.2, 0.25) is 0 Å². The van der Waals surface area contributed by atoms with Gasteiger partial charge in [-0.25, -0.2) is 4.98 Å².